The fourth-order valence-corrected chi connectivity index (χ4v) is 3.10. The van der Waals surface area contributed by atoms with Gasteiger partial charge in [-0.1, -0.05) is 6.92 Å². The Labute approximate surface area is 111 Å². The third-order valence-corrected chi connectivity index (χ3v) is 3.98. The Bertz CT molecular complexity index is 414. The molecule has 0 bridgehead atoms. The maximum absolute atomic E-state index is 12.5. The van der Waals surface area contributed by atoms with Crippen LogP contribution in [-0.2, 0) is 7.05 Å². The van der Waals surface area contributed by atoms with Crippen molar-refractivity contribution >= 4 is 21.8 Å². The van der Waals surface area contributed by atoms with E-state index in [0.717, 1.165) is 36.0 Å². The van der Waals surface area contributed by atoms with Crippen molar-refractivity contribution in [3.63, 3.8) is 0 Å². The molecule has 0 spiro atoms. The fraction of sp³-hybridized carbons (Fsp3) is 0.615. The van der Waals surface area contributed by atoms with E-state index in [0.29, 0.717) is 6.04 Å². The van der Waals surface area contributed by atoms with Crippen molar-refractivity contribution in [1.29, 1.82) is 0 Å². The highest BCUT2D eigenvalue weighted by Gasteiger charge is 2.27. The largest absolute Gasteiger partial charge is 0.345 e. The van der Waals surface area contributed by atoms with Crippen molar-refractivity contribution in [1.82, 2.24) is 9.47 Å². The SMILES string of the molecule is CCC1CCCCN1C(=O)c1cc(Br)cn1C. The lowest BCUT2D eigenvalue weighted by molar-refractivity contribution is 0.0598. The minimum absolute atomic E-state index is 0.171. The minimum Gasteiger partial charge on any atom is -0.345 e. The second kappa shape index (κ2) is 5.25. The van der Waals surface area contributed by atoms with Crippen molar-refractivity contribution in [3.05, 3.63) is 22.4 Å². The standard InChI is InChI=1S/C13H19BrN2O/c1-3-11-6-4-5-7-16(11)13(17)12-8-10(14)9-15(12)2/h8-9,11H,3-7H2,1-2H3. The number of amides is 1. The van der Waals surface area contributed by atoms with Crippen LogP contribution in [-0.4, -0.2) is 28.0 Å². The molecule has 1 unspecified atom stereocenters. The molecule has 2 heterocycles. The predicted molar refractivity (Wildman–Crippen MR) is 72.1 cm³/mol. The number of carbonyl (C=O) groups excluding carboxylic acids is 1. The first-order chi connectivity index (χ1) is 8.13. The Hall–Kier alpha value is -0.770. The molecule has 17 heavy (non-hydrogen) atoms. The number of piperidine rings is 1. The van der Waals surface area contributed by atoms with E-state index in [9.17, 15) is 4.79 Å². The molecule has 1 aromatic heterocycles. The van der Waals surface area contributed by atoms with Gasteiger partial charge in [0.25, 0.3) is 5.91 Å². The zero-order valence-electron chi connectivity index (χ0n) is 10.4. The minimum atomic E-state index is 0.171. The van der Waals surface area contributed by atoms with Crippen molar-refractivity contribution in [2.75, 3.05) is 6.54 Å². The van der Waals surface area contributed by atoms with Crippen LogP contribution < -0.4 is 0 Å². The number of aryl methyl sites for hydroxylation is 1. The van der Waals surface area contributed by atoms with Gasteiger partial charge in [0, 0.05) is 30.3 Å². The van der Waals surface area contributed by atoms with E-state index in [4.69, 9.17) is 0 Å². The molecule has 3 nitrogen and oxygen atoms in total. The third kappa shape index (κ3) is 2.57. The number of hydrogen-bond acceptors (Lipinski definition) is 1. The van der Waals surface area contributed by atoms with E-state index < -0.39 is 0 Å². The molecule has 1 aliphatic rings. The van der Waals surface area contributed by atoms with Crippen LogP contribution in [0, 0.1) is 0 Å². The predicted octanol–water partition coefficient (Wildman–Crippen LogP) is 3.19. The van der Waals surface area contributed by atoms with Crippen LogP contribution in [0.1, 0.15) is 43.1 Å². The Kier molecular flexibility index (Phi) is 3.92. The molecule has 94 valence electrons. The summed E-state index contributed by atoms with van der Waals surface area (Å²) in [5.74, 6) is 0.171. The highest BCUT2D eigenvalue weighted by atomic mass is 79.9. The summed E-state index contributed by atoms with van der Waals surface area (Å²) in [7, 11) is 1.92. The number of nitrogens with zero attached hydrogens (tertiary/aromatic N) is 2. The Balaban J connectivity index is 2.21. The van der Waals surface area contributed by atoms with Crippen molar-refractivity contribution < 1.29 is 4.79 Å². The summed E-state index contributed by atoms with van der Waals surface area (Å²) in [5, 5.41) is 0. The van der Waals surface area contributed by atoms with Crippen LogP contribution in [0.4, 0.5) is 0 Å². The Morgan fingerprint density at radius 1 is 1.53 bits per heavy atom. The molecule has 2 rings (SSSR count). The molecular weight excluding hydrogens is 280 g/mol. The van der Waals surface area contributed by atoms with E-state index in [2.05, 4.69) is 22.9 Å². The summed E-state index contributed by atoms with van der Waals surface area (Å²) >= 11 is 3.42. The molecule has 1 fully saturated rings. The first kappa shape index (κ1) is 12.7. The van der Waals surface area contributed by atoms with Gasteiger partial charge in [0.05, 0.1) is 0 Å². The molecule has 1 aliphatic heterocycles. The van der Waals surface area contributed by atoms with E-state index >= 15 is 0 Å². The normalized spacial score (nSPS) is 20.6. The average molecular weight is 299 g/mol. The maximum Gasteiger partial charge on any atom is 0.270 e. The van der Waals surface area contributed by atoms with Crippen molar-refractivity contribution in [2.45, 2.75) is 38.6 Å². The zero-order chi connectivity index (χ0) is 12.4. The van der Waals surface area contributed by atoms with Gasteiger partial charge in [-0.05, 0) is 47.7 Å². The van der Waals surface area contributed by atoms with Crippen LogP contribution in [0.5, 0.6) is 0 Å². The maximum atomic E-state index is 12.5. The van der Waals surface area contributed by atoms with Crippen LogP contribution in [0.25, 0.3) is 0 Å². The number of rotatable bonds is 2. The monoisotopic (exact) mass is 298 g/mol. The molecule has 0 N–H and O–H groups in total. The van der Waals surface area contributed by atoms with Gasteiger partial charge in [-0.25, -0.2) is 0 Å². The molecule has 4 heteroatoms. The van der Waals surface area contributed by atoms with E-state index in [1.165, 1.54) is 6.42 Å². The Morgan fingerprint density at radius 3 is 2.88 bits per heavy atom. The van der Waals surface area contributed by atoms with Gasteiger partial charge in [0.2, 0.25) is 0 Å². The number of halogens is 1. The van der Waals surface area contributed by atoms with Crippen LogP contribution in [0.15, 0.2) is 16.7 Å². The van der Waals surface area contributed by atoms with Gasteiger partial charge in [-0.15, -0.1) is 0 Å². The number of hydrogen-bond donors (Lipinski definition) is 0. The van der Waals surface area contributed by atoms with Gasteiger partial charge in [-0.2, -0.15) is 0 Å². The molecule has 0 saturated carbocycles. The summed E-state index contributed by atoms with van der Waals surface area (Å²) in [6.07, 6.45) is 6.51. The lowest BCUT2D eigenvalue weighted by Gasteiger charge is -2.35. The van der Waals surface area contributed by atoms with Crippen LogP contribution >= 0.6 is 15.9 Å². The molecule has 1 aromatic rings. The number of likely N-dealkylation sites (tertiary alicyclic amines) is 1. The highest BCUT2D eigenvalue weighted by molar-refractivity contribution is 9.10. The topological polar surface area (TPSA) is 25.2 Å². The van der Waals surface area contributed by atoms with Crippen LogP contribution in [0.3, 0.4) is 0 Å². The molecule has 1 amide bonds. The smallest absolute Gasteiger partial charge is 0.270 e. The molecular formula is C13H19BrN2O. The van der Waals surface area contributed by atoms with Gasteiger partial charge in [0.15, 0.2) is 0 Å². The summed E-state index contributed by atoms with van der Waals surface area (Å²) in [6, 6.07) is 2.33. The zero-order valence-corrected chi connectivity index (χ0v) is 12.0. The first-order valence-corrected chi connectivity index (χ1v) is 7.05. The molecule has 0 aromatic carbocycles. The van der Waals surface area contributed by atoms with E-state index in [1.807, 2.05) is 28.8 Å². The van der Waals surface area contributed by atoms with E-state index in [-0.39, 0.29) is 5.91 Å². The average Bonchev–Trinajstić information content (AvgIpc) is 2.67. The lowest BCUT2D eigenvalue weighted by Crippen LogP contribution is -2.43. The highest BCUT2D eigenvalue weighted by Crippen LogP contribution is 2.23. The first-order valence-electron chi connectivity index (χ1n) is 6.26. The molecule has 1 saturated heterocycles. The fourth-order valence-electron chi connectivity index (χ4n) is 2.58. The van der Waals surface area contributed by atoms with Crippen molar-refractivity contribution in [3.8, 4) is 0 Å². The number of aromatic nitrogens is 1. The molecule has 0 aliphatic carbocycles. The summed E-state index contributed by atoms with van der Waals surface area (Å²) in [5.41, 5.74) is 0.775. The molecule has 1 atom stereocenters. The van der Waals surface area contributed by atoms with Crippen LogP contribution in [0.2, 0.25) is 0 Å². The van der Waals surface area contributed by atoms with Crippen molar-refractivity contribution in [2.24, 2.45) is 7.05 Å². The summed E-state index contributed by atoms with van der Waals surface area (Å²) < 4.78 is 2.86. The Morgan fingerprint density at radius 2 is 2.29 bits per heavy atom. The van der Waals surface area contributed by atoms with E-state index in [1.54, 1.807) is 0 Å². The summed E-state index contributed by atoms with van der Waals surface area (Å²) in [6.45, 7) is 3.07. The lowest BCUT2D eigenvalue weighted by atomic mass is 9.99. The van der Waals surface area contributed by atoms with Gasteiger partial charge >= 0.3 is 0 Å². The summed E-state index contributed by atoms with van der Waals surface area (Å²) in [4.78, 5) is 14.5. The third-order valence-electron chi connectivity index (χ3n) is 3.55. The number of carbonyl (C=O) groups is 1. The van der Waals surface area contributed by atoms with Gasteiger partial charge in [0.1, 0.15) is 5.69 Å². The second-order valence-corrected chi connectivity index (χ2v) is 5.63. The quantitative estimate of drug-likeness (QED) is 0.823. The van der Waals surface area contributed by atoms with Gasteiger partial charge < -0.3 is 9.47 Å². The second-order valence-electron chi connectivity index (χ2n) is 4.71. The molecule has 0 radical (unpaired) electrons. The van der Waals surface area contributed by atoms with Gasteiger partial charge in [-0.3, -0.25) is 4.79 Å².